The smallest absolute Gasteiger partial charge is 0.320 e. The maximum Gasteiger partial charge on any atom is 0.320 e. The van der Waals surface area contributed by atoms with Gasteiger partial charge in [-0.05, 0) is 12.8 Å². The van der Waals surface area contributed by atoms with Gasteiger partial charge in [-0.25, -0.2) is 0 Å². The minimum atomic E-state index is -1.07. The van der Waals surface area contributed by atoms with Gasteiger partial charge in [-0.1, -0.05) is 0 Å². The van der Waals surface area contributed by atoms with E-state index in [4.69, 9.17) is 10.8 Å². The average molecular weight is 172 g/mol. The van der Waals surface area contributed by atoms with Crippen molar-refractivity contribution in [1.29, 1.82) is 0 Å². The Bertz CT molecular complexity index is 102. The topological polar surface area (TPSA) is 63.3 Å². The molecule has 0 aliphatic rings. The Morgan fingerprint density at radius 2 is 2.20 bits per heavy atom. The lowest BCUT2D eigenvalue weighted by atomic mass is 10.2. The van der Waals surface area contributed by atoms with Crippen molar-refractivity contribution in [3.8, 4) is 0 Å². The summed E-state index contributed by atoms with van der Waals surface area (Å²) in [6.07, 6.45) is 0.444. The van der Waals surface area contributed by atoms with Gasteiger partial charge in [0.15, 0.2) is 0 Å². The van der Waals surface area contributed by atoms with Crippen molar-refractivity contribution in [3.63, 3.8) is 0 Å². The number of hydrogen-bond acceptors (Lipinski definition) is 2. The molecule has 0 aromatic rings. The Morgan fingerprint density at radius 3 is 2.50 bits per heavy atom. The largest absolute Gasteiger partial charge is 0.480 e. The molecule has 0 fully saturated rings. The van der Waals surface area contributed by atoms with Gasteiger partial charge in [0.25, 0.3) is 0 Å². The van der Waals surface area contributed by atoms with Crippen molar-refractivity contribution >= 4 is 18.4 Å². The normalized spacial score (nSPS) is 11.8. The van der Waals surface area contributed by atoms with Crippen LogP contribution in [0.3, 0.4) is 0 Å². The van der Waals surface area contributed by atoms with Crippen LogP contribution in [0.5, 0.6) is 0 Å². The molecule has 0 amide bonds. The standard InChI is InChI=1S/C5H10FNO2.ClH/c6-3-1-2-4(7)5(8)9;/h4H,1-3,7H2,(H,8,9);1H. The van der Waals surface area contributed by atoms with Crippen LogP contribution in [-0.2, 0) is 4.79 Å². The Kier molecular flexibility index (Phi) is 8.35. The summed E-state index contributed by atoms with van der Waals surface area (Å²) < 4.78 is 11.4. The number of carbonyl (C=O) groups is 1. The van der Waals surface area contributed by atoms with Gasteiger partial charge < -0.3 is 10.8 Å². The number of aliphatic carboxylic acids is 1. The molecule has 1 atom stereocenters. The van der Waals surface area contributed by atoms with Crippen LogP contribution in [0.15, 0.2) is 0 Å². The van der Waals surface area contributed by atoms with Gasteiger partial charge in [-0.3, -0.25) is 9.18 Å². The summed E-state index contributed by atoms with van der Waals surface area (Å²) in [5, 5.41) is 8.16. The third kappa shape index (κ3) is 5.78. The zero-order chi connectivity index (χ0) is 7.28. The third-order valence-corrected chi connectivity index (χ3v) is 0.966. The lowest BCUT2D eigenvalue weighted by Gasteiger charge is -2.01. The Hall–Kier alpha value is -0.350. The van der Waals surface area contributed by atoms with Crippen LogP contribution in [0.2, 0.25) is 0 Å². The first-order chi connectivity index (χ1) is 4.18. The maximum atomic E-state index is 11.4. The Balaban J connectivity index is 0. The molecule has 10 heavy (non-hydrogen) atoms. The monoisotopic (exact) mass is 171 g/mol. The highest BCUT2D eigenvalue weighted by atomic mass is 35.5. The van der Waals surface area contributed by atoms with Crippen LogP contribution in [0.25, 0.3) is 0 Å². The molecule has 1 unspecified atom stereocenters. The van der Waals surface area contributed by atoms with E-state index in [0.717, 1.165) is 0 Å². The molecule has 0 spiro atoms. The molecular formula is C5H11ClFNO2. The van der Waals surface area contributed by atoms with Crippen LogP contribution in [0.1, 0.15) is 12.8 Å². The Labute approximate surface area is 64.8 Å². The summed E-state index contributed by atoms with van der Waals surface area (Å²) in [5.41, 5.74) is 5.04. The number of carboxylic acids is 1. The average Bonchev–Trinajstić information content (AvgIpc) is 1.82. The summed E-state index contributed by atoms with van der Waals surface area (Å²) in [6.45, 7) is -0.499. The summed E-state index contributed by atoms with van der Waals surface area (Å²) in [6, 6.07) is -0.902. The van der Waals surface area contributed by atoms with Crippen LogP contribution < -0.4 is 5.73 Å². The molecule has 0 rings (SSSR count). The van der Waals surface area contributed by atoms with E-state index < -0.39 is 18.7 Å². The van der Waals surface area contributed by atoms with Gasteiger partial charge in [0.2, 0.25) is 0 Å². The summed E-state index contributed by atoms with van der Waals surface area (Å²) in [7, 11) is 0. The van der Waals surface area contributed by atoms with Crippen molar-refractivity contribution in [2.24, 2.45) is 5.73 Å². The zero-order valence-corrected chi connectivity index (χ0v) is 6.23. The predicted molar refractivity (Wildman–Crippen MR) is 38.1 cm³/mol. The Morgan fingerprint density at radius 1 is 1.70 bits per heavy atom. The van der Waals surface area contributed by atoms with E-state index in [1.807, 2.05) is 0 Å². The van der Waals surface area contributed by atoms with Gasteiger partial charge in [0.1, 0.15) is 6.04 Å². The first-order valence-corrected chi connectivity index (χ1v) is 2.73. The molecule has 0 aromatic heterocycles. The van der Waals surface area contributed by atoms with Gasteiger partial charge in [-0.15, -0.1) is 12.4 Å². The number of alkyl halides is 1. The zero-order valence-electron chi connectivity index (χ0n) is 5.42. The van der Waals surface area contributed by atoms with E-state index in [1.165, 1.54) is 0 Å². The second kappa shape index (κ2) is 6.77. The van der Waals surface area contributed by atoms with Gasteiger partial charge in [0.05, 0.1) is 6.67 Å². The number of hydrogen-bond donors (Lipinski definition) is 2. The lowest BCUT2D eigenvalue weighted by molar-refractivity contribution is -0.138. The fourth-order valence-corrected chi connectivity index (χ4v) is 0.421. The summed E-state index contributed by atoms with van der Waals surface area (Å²) in [4.78, 5) is 9.96. The van der Waals surface area contributed by atoms with Gasteiger partial charge in [-0.2, -0.15) is 0 Å². The fraction of sp³-hybridized carbons (Fsp3) is 0.800. The molecule has 0 saturated carbocycles. The molecular weight excluding hydrogens is 161 g/mol. The van der Waals surface area contributed by atoms with E-state index in [0.29, 0.717) is 0 Å². The fourth-order valence-electron chi connectivity index (χ4n) is 0.421. The molecule has 3 nitrogen and oxygen atoms in total. The number of rotatable bonds is 4. The van der Waals surface area contributed by atoms with E-state index in [-0.39, 0.29) is 25.2 Å². The van der Waals surface area contributed by atoms with E-state index in [1.54, 1.807) is 0 Å². The lowest BCUT2D eigenvalue weighted by Crippen LogP contribution is -2.29. The quantitative estimate of drug-likeness (QED) is 0.650. The highest BCUT2D eigenvalue weighted by molar-refractivity contribution is 5.85. The molecule has 0 aliphatic carbocycles. The minimum absolute atomic E-state index is 0. The van der Waals surface area contributed by atoms with Gasteiger partial charge >= 0.3 is 5.97 Å². The van der Waals surface area contributed by atoms with Crippen molar-refractivity contribution in [3.05, 3.63) is 0 Å². The molecule has 0 saturated heterocycles. The third-order valence-electron chi connectivity index (χ3n) is 0.966. The molecule has 0 aromatic carbocycles. The second-order valence-electron chi connectivity index (χ2n) is 1.78. The van der Waals surface area contributed by atoms with Crippen molar-refractivity contribution in [2.45, 2.75) is 18.9 Å². The molecule has 3 N–H and O–H groups in total. The first kappa shape index (κ1) is 12.3. The number of carboxylic acid groups (broad SMARTS) is 1. The minimum Gasteiger partial charge on any atom is -0.480 e. The second-order valence-corrected chi connectivity index (χ2v) is 1.78. The van der Waals surface area contributed by atoms with Crippen LogP contribution in [0, 0.1) is 0 Å². The highest BCUT2D eigenvalue weighted by Crippen LogP contribution is 1.93. The molecule has 62 valence electrons. The summed E-state index contributed by atoms with van der Waals surface area (Å²) in [5.74, 6) is -1.07. The van der Waals surface area contributed by atoms with E-state index in [9.17, 15) is 9.18 Å². The van der Waals surface area contributed by atoms with Crippen LogP contribution >= 0.6 is 12.4 Å². The summed E-state index contributed by atoms with van der Waals surface area (Å²) >= 11 is 0. The van der Waals surface area contributed by atoms with E-state index in [2.05, 4.69) is 0 Å². The van der Waals surface area contributed by atoms with Crippen molar-refractivity contribution < 1.29 is 14.3 Å². The maximum absolute atomic E-state index is 11.4. The molecule has 0 heterocycles. The van der Waals surface area contributed by atoms with E-state index >= 15 is 0 Å². The predicted octanol–water partition coefficient (Wildman–Crippen LogP) is 0.570. The molecule has 5 heteroatoms. The van der Waals surface area contributed by atoms with Gasteiger partial charge in [0, 0.05) is 0 Å². The van der Waals surface area contributed by atoms with Crippen molar-refractivity contribution in [2.75, 3.05) is 6.67 Å². The van der Waals surface area contributed by atoms with Crippen molar-refractivity contribution in [1.82, 2.24) is 0 Å². The number of nitrogens with two attached hydrogens (primary N) is 1. The SMILES string of the molecule is Cl.NC(CCCF)C(=O)O. The number of halogens is 2. The molecule has 0 aliphatic heterocycles. The molecule has 0 radical (unpaired) electrons. The first-order valence-electron chi connectivity index (χ1n) is 2.73. The highest BCUT2D eigenvalue weighted by Gasteiger charge is 2.09. The van der Waals surface area contributed by atoms with Crippen LogP contribution in [-0.4, -0.2) is 23.8 Å². The van der Waals surface area contributed by atoms with Crippen LogP contribution in [0.4, 0.5) is 4.39 Å². The molecule has 0 bridgehead atoms.